The van der Waals surface area contributed by atoms with Crippen molar-refractivity contribution in [3.63, 3.8) is 0 Å². The maximum atomic E-state index is 4.28. The summed E-state index contributed by atoms with van der Waals surface area (Å²) in [6, 6.07) is 10.2. The van der Waals surface area contributed by atoms with Gasteiger partial charge in [-0.25, -0.2) is 4.98 Å². The molecule has 5 nitrogen and oxygen atoms in total. The Bertz CT molecular complexity index is 637. The molecule has 19 heavy (non-hydrogen) atoms. The second kappa shape index (κ2) is 4.97. The molecule has 0 aliphatic carbocycles. The standard InChI is InChI=1S/C14H15N5/c1-19-10-17-14(18-19)12-2-4-13(5-3-12)16-9-11-6-7-15-8-11/h2-8,10,15-16H,9H2,1H3. The van der Waals surface area contributed by atoms with Crippen molar-refractivity contribution in [3.05, 3.63) is 54.6 Å². The van der Waals surface area contributed by atoms with Gasteiger partial charge >= 0.3 is 0 Å². The van der Waals surface area contributed by atoms with E-state index in [2.05, 4.69) is 26.4 Å². The predicted molar refractivity (Wildman–Crippen MR) is 74.6 cm³/mol. The first-order valence-electron chi connectivity index (χ1n) is 6.13. The van der Waals surface area contributed by atoms with Crippen LogP contribution in [0.3, 0.4) is 0 Å². The Morgan fingerprint density at radius 3 is 2.68 bits per heavy atom. The summed E-state index contributed by atoms with van der Waals surface area (Å²) in [5.74, 6) is 0.750. The van der Waals surface area contributed by atoms with Crippen molar-refractivity contribution in [2.45, 2.75) is 6.54 Å². The van der Waals surface area contributed by atoms with Crippen molar-refractivity contribution in [1.82, 2.24) is 19.7 Å². The summed E-state index contributed by atoms with van der Waals surface area (Å²) in [6.45, 7) is 0.810. The molecule has 3 aromatic rings. The van der Waals surface area contributed by atoms with Crippen molar-refractivity contribution in [2.24, 2.45) is 7.05 Å². The molecule has 2 N–H and O–H groups in total. The number of benzene rings is 1. The lowest BCUT2D eigenvalue weighted by Crippen LogP contribution is -1.97. The molecule has 1 aromatic carbocycles. The molecule has 0 spiro atoms. The zero-order chi connectivity index (χ0) is 13.1. The third-order valence-electron chi connectivity index (χ3n) is 2.90. The average molecular weight is 253 g/mol. The molecule has 0 amide bonds. The highest BCUT2D eigenvalue weighted by molar-refractivity contribution is 5.59. The van der Waals surface area contributed by atoms with Gasteiger partial charge < -0.3 is 10.3 Å². The predicted octanol–water partition coefficient (Wildman–Crippen LogP) is 2.42. The highest BCUT2D eigenvalue weighted by Crippen LogP contribution is 2.17. The lowest BCUT2D eigenvalue weighted by molar-refractivity contribution is 0.768. The minimum Gasteiger partial charge on any atom is -0.381 e. The lowest BCUT2D eigenvalue weighted by atomic mass is 10.2. The van der Waals surface area contributed by atoms with Crippen LogP contribution in [0.1, 0.15) is 5.56 Å². The Hall–Kier alpha value is -2.56. The van der Waals surface area contributed by atoms with E-state index in [9.17, 15) is 0 Å². The number of hydrogen-bond donors (Lipinski definition) is 2. The minimum atomic E-state index is 0.750. The van der Waals surface area contributed by atoms with Gasteiger partial charge in [-0.1, -0.05) is 0 Å². The Balaban J connectivity index is 1.69. The Morgan fingerprint density at radius 1 is 1.21 bits per heavy atom. The quantitative estimate of drug-likeness (QED) is 0.750. The van der Waals surface area contributed by atoms with Crippen LogP contribution in [0, 0.1) is 0 Å². The Labute approximate surface area is 111 Å². The third kappa shape index (κ3) is 2.65. The first-order chi connectivity index (χ1) is 9.31. The number of H-pyrrole nitrogens is 1. The van der Waals surface area contributed by atoms with E-state index in [4.69, 9.17) is 0 Å². The summed E-state index contributed by atoms with van der Waals surface area (Å²) in [7, 11) is 1.86. The smallest absolute Gasteiger partial charge is 0.181 e. The molecule has 0 saturated heterocycles. The van der Waals surface area contributed by atoms with Gasteiger partial charge in [0.1, 0.15) is 6.33 Å². The number of aromatic amines is 1. The highest BCUT2D eigenvalue weighted by Gasteiger charge is 2.02. The van der Waals surface area contributed by atoms with E-state index < -0.39 is 0 Å². The fourth-order valence-corrected chi connectivity index (χ4v) is 1.88. The molecule has 3 rings (SSSR count). The Morgan fingerprint density at radius 2 is 2.05 bits per heavy atom. The van der Waals surface area contributed by atoms with Crippen LogP contribution >= 0.6 is 0 Å². The molecule has 2 aromatic heterocycles. The second-order valence-corrected chi connectivity index (χ2v) is 4.39. The second-order valence-electron chi connectivity index (χ2n) is 4.39. The molecule has 5 heteroatoms. The van der Waals surface area contributed by atoms with Crippen LogP contribution < -0.4 is 5.32 Å². The average Bonchev–Trinajstić information content (AvgIpc) is 3.08. The fourth-order valence-electron chi connectivity index (χ4n) is 1.88. The molecule has 0 bridgehead atoms. The number of anilines is 1. The number of nitrogens with one attached hydrogen (secondary N) is 2. The van der Waals surface area contributed by atoms with Crippen molar-refractivity contribution in [2.75, 3.05) is 5.32 Å². The van der Waals surface area contributed by atoms with Gasteiger partial charge in [-0.15, -0.1) is 0 Å². The Kier molecular flexibility index (Phi) is 3.02. The molecule has 0 saturated carbocycles. The fraction of sp³-hybridized carbons (Fsp3) is 0.143. The zero-order valence-electron chi connectivity index (χ0n) is 10.7. The van der Waals surface area contributed by atoms with Gasteiger partial charge in [0.25, 0.3) is 0 Å². The topological polar surface area (TPSA) is 58.5 Å². The van der Waals surface area contributed by atoms with Crippen LogP contribution in [-0.4, -0.2) is 19.7 Å². The van der Waals surface area contributed by atoms with Gasteiger partial charge in [0.05, 0.1) is 0 Å². The molecule has 0 fully saturated rings. The first kappa shape index (κ1) is 11.5. The van der Waals surface area contributed by atoms with E-state index in [0.717, 1.165) is 23.6 Å². The number of hydrogen-bond acceptors (Lipinski definition) is 3. The van der Waals surface area contributed by atoms with Crippen LogP contribution in [0.25, 0.3) is 11.4 Å². The van der Waals surface area contributed by atoms with Crippen molar-refractivity contribution in [3.8, 4) is 11.4 Å². The molecule has 2 heterocycles. The van der Waals surface area contributed by atoms with Crippen molar-refractivity contribution < 1.29 is 0 Å². The largest absolute Gasteiger partial charge is 0.381 e. The molecule has 0 unspecified atom stereocenters. The van der Waals surface area contributed by atoms with Gasteiger partial charge in [0.15, 0.2) is 5.82 Å². The number of rotatable bonds is 4. The highest BCUT2D eigenvalue weighted by atomic mass is 15.3. The maximum absolute atomic E-state index is 4.28. The maximum Gasteiger partial charge on any atom is 0.181 e. The van der Waals surface area contributed by atoms with Crippen LogP contribution in [0.5, 0.6) is 0 Å². The summed E-state index contributed by atoms with van der Waals surface area (Å²) in [4.78, 5) is 7.27. The van der Waals surface area contributed by atoms with Gasteiger partial charge in [-0.3, -0.25) is 4.68 Å². The van der Waals surface area contributed by atoms with Gasteiger partial charge in [0.2, 0.25) is 0 Å². The molecule has 0 aliphatic rings. The summed E-state index contributed by atoms with van der Waals surface area (Å²) < 4.78 is 1.70. The summed E-state index contributed by atoms with van der Waals surface area (Å²) >= 11 is 0. The van der Waals surface area contributed by atoms with Crippen LogP contribution in [-0.2, 0) is 13.6 Å². The zero-order valence-corrected chi connectivity index (χ0v) is 10.7. The van der Waals surface area contributed by atoms with E-state index in [-0.39, 0.29) is 0 Å². The van der Waals surface area contributed by atoms with Gasteiger partial charge in [-0.2, -0.15) is 5.10 Å². The number of aromatic nitrogens is 4. The third-order valence-corrected chi connectivity index (χ3v) is 2.90. The molecular weight excluding hydrogens is 238 g/mol. The monoisotopic (exact) mass is 253 g/mol. The normalized spacial score (nSPS) is 10.6. The minimum absolute atomic E-state index is 0.750. The van der Waals surface area contributed by atoms with E-state index in [1.54, 1.807) is 11.0 Å². The molecule has 0 aliphatic heterocycles. The summed E-state index contributed by atoms with van der Waals surface area (Å²) in [6.07, 6.45) is 5.61. The number of nitrogens with zero attached hydrogens (tertiary/aromatic N) is 3. The molecular formula is C14H15N5. The number of aryl methyl sites for hydroxylation is 1. The molecule has 96 valence electrons. The summed E-state index contributed by atoms with van der Waals surface area (Å²) in [5.41, 5.74) is 3.34. The van der Waals surface area contributed by atoms with Crippen LogP contribution in [0.2, 0.25) is 0 Å². The van der Waals surface area contributed by atoms with Crippen LogP contribution in [0.4, 0.5) is 5.69 Å². The van der Waals surface area contributed by atoms with Crippen molar-refractivity contribution in [1.29, 1.82) is 0 Å². The van der Waals surface area contributed by atoms with Gasteiger partial charge in [0, 0.05) is 37.2 Å². The van der Waals surface area contributed by atoms with E-state index in [1.165, 1.54) is 5.56 Å². The lowest BCUT2D eigenvalue weighted by Gasteiger charge is -2.05. The first-order valence-corrected chi connectivity index (χ1v) is 6.13. The molecule has 0 radical (unpaired) electrons. The van der Waals surface area contributed by atoms with Gasteiger partial charge in [-0.05, 0) is 35.9 Å². The molecule has 0 atom stereocenters. The summed E-state index contributed by atoms with van der Waals surface area (Å²) in [5, 5.41) is 7.64. The van der Waals surface area contributed by atoms with E-state index in [1.807, 2.05) is 43.7 Å². The van der Waals surface area contributed by atoms with Crippen LogP contribution in [0.15, 0.2) is 49.1 Å². The van der Waals surface area contributed by atoms with E-state index >= 15 is 0 Å². The van der Waals surface area contributed by atoms with Crippen molar-refractivity contribution >= 4 is 5.69 Å². The SMILES string of the molecule is Cn1cnc(-c2ccc(NCc3cc[nH]c3)cc2)n1. The van der Waals surface area contributed by atoms with E-state index in [0.29, 0.717) is 0 Å².